The highest BCUT2D eigenvalue weighted by molar-refractivity contribution is 7.22. The minimum absolute atomic E-state index is 0.594. The number of hydrogen-bond acceptors (Lipinski definition) is 7. The molecule has 3 heterocycles. The average Bonchev–Trinajstić information content (AvgIpc) is 3.82. The minimum Gasteiger partial charge on any atom is -0.236 e. The third-order valence-corrected chi connectivity index (χ3v) is 11.1. The van der Waals surface area contributed by atoms with E-state index in [-0.39, 0.29) is 0 Å². The summed E-state index contributed by atoms with van der Waals surface area (Å²) >= 11 is 3.37. The van der Waals surface area contributed by atoms with Gasteiger partial charge in [-0.05, 0) is 76.1 Å². The van der Waals surface area contributed by atoms with Gasteiger partial charge in [0.05, 0.1) is 20.4 Å². The molecule has 0 saturated carbocycles. The third-order valence-electron chi connectivity index (χ3n) is 8.92. The normalized spacial score (nSPS) is 11.6. The van der Waals surface area contributed by atoms with Crippen molar-refractivity contribution < 1.29 is 0 Å². The first-order valence-electron chi connectivity index (χ1n) is 16.3. The van der Waals surface area contributed by atoms with Crippen LogP contribution in [0.1, 0.15) is 0 Å². The molecule has 0 saturated heterocycles. The molecule has 10 rings (SSSR count). The Kier molecular flexibility index (Phi) is 6.79. The molecule has 0 spiro atoms. The lowest BCUT2D eigenvalue weighted by Gasteiger charge is -2.11. The molecule has 7 aromatic carbocycles. The van der Waals surface area contributed by atoms with E-state index in [1.165, 1.54) is 10.8 Å². The molecule has 3 aromatic heterocycles. The van der Waals surface area contributed by atoms with Gasteiger partial charge >= 0.3 is 0 Å². The summed E-state index contributed by atoms with van der Waals surface area (Å²) in [5.41, 5.74) is 6.71. The van der Waals surface area contributed by atoms with Crippen molar-refractivity contribution in [2.24, 2.45) is 0 Å². The molecule has 0 unspecified atom stereocenters. The van der Waals surface area contributed by atoms with Gasteiger partial charge in [-0.2, -0.15) is 0 Å². The molecule has 0 N–H and O–H groups in total. The monoisotopic (exact) mass is 675 g/mol. The van der Waals surface area contributed by atoms with Gasteiger partial charge in [-0.1, -0.05) is 97.1 Å². The number of rotatable bonds is 5. The van der Waals surface area contributed by atoms with Gasteiger partial charge in [0.15, 0.2) is 17.5 Å². The average molecular weight is 676 g/mol. The number of nitrogens with zero attached hydrogens (tertiary/aromatic N) is 5. The second kappa shape index (κ2) is 11.8. The van der Waals surface area contributed by atoms with Crippen LogP contribution in [0.25, 0.3) is 97.3 Å². The summed E-state index contributed by atoms with van der Waals surface area (Å²) in [5.74, 6) is 1.84. The van der Waals surface area contributed by atoms with Gasteiger partial charge in [-0.25, -0.2) is 24.9 Å². The van der Waals surface area contributed by atoms with Gasteiger partial charge in [0.1, 0.15) is 10.0 Å². The van der Waals surface area contributed by atoms with Crippen LogP contribution in [0.3, 0.4) is 0 Å². The zero-order chi connectivity index (χ0) is 33.0. The van der Waals surface area contributed by atoms with Crippen LogP contribution in [-0.4, -0.2) is 24.9 Å². The van der Waals surface area contributed by atoms with Gasteiger partial charge in [-0.3, -0.25) is 0 Å². The summed E-state index contributed by atoms with van der Waals surface area (Å²) in [6.45, 7) is 0. The maximum Gasteiger partial charge on any atom is 0.164 e. The van der Waals surface area contributed by atoms with Crippen LogP contribution < -0.4 is 0 Å². The molecule has 0 atom stereocenters. The van der Waals surface area contributed by atoms with Gasteiger partial charge in [0.25, 0.3) is 0 Å². The zero-order valence-electron chi connectivity index (χ0n) is 26.5. The van der Waals surface area contributed by atoms with E-state index in [0.717, 1.165) is 69.0 Å². The van der Waals surface area contributed by atoms with Crippen molar-refractivity contribution in [2.45, 2.75) is 0 Å². The highest BCUT2D eigenvalue weighted by Crippen LogP contribution is 2.39. The van der Waals surface area contributed by atoms with E-state index in [1.54, 1.807) is 22.7 Å². The number of fused-ring (bicyclic) bond motifs is 4. The molecule has 0 aliphatic rings. The van der Waals surface area contributed by atoms with Crippen molar-refractivity contribution in [1.29, 1.82) is 0 Å². The number of aromatic nitrogens is 5. The second-order valence-electron chi connectivity index (χ2n) is 12.2. The fraction of sp³-hybridized carbons (Fsp3) is 0. The van der Waals surface area contributed by atoms with Gasteiger partial charge in [-0.15, -0.1) is 22.7 Å². The molecule has 7 heteroatoms. The Bertz CT molecular complexity index is 2650. The van der Waals surface area contributed by atoms with Crippen molar-refractivity contribution in [3.8, 4) is 55.3 Å². The topological polar surface area (TPSA) is 64.5 Å². The maximum absolute atomic E-state index is 5.17. The van der Waals surface area contributed by atoms with E-state index in [1.807, 2.05) is 12.1 Å². The Morgan fingerprint density at radius 2 is 0.700 bits per heavy atom. The van der Waals surface area contributed by atoms with Crippen LogP contribution in [0.5, 0.6) is 0 Å². The van der Waals surface area contributed by atoms with Crippen LogP contribution >= 0.6 is 22.7 Å². The second-order valence-corrected chi connectivity index (χ2v) is 14.3. The lowest BCUT2D eigenvalue weighted by Crippen LogP contribution is -2.00. The van der Waals surface area contributed by atoms with Gasteiger partial charge in [0, 0.05) is 27.8 Å². The summed E-state index contributed by atoms with van der Waals surface area (Å²) < 4.78 is 2.29. The summed E-state index contributed by atoms with van der Waals surface area (Å²) in [5, 5.41) is 6.49. The SMILES string of the molecule is c1ccc2cc(-c3nc(-c4cc(-c5nc6ccccc6s5)cc(-c5nc6ccccc6s5)c4)nc(-c4ccc5ccccc5c4)n3)ccc2c1. The molecule has 234 valence electrons. The summed E-state index contributed by atoms with van der Waals surface area (Å²) in [4.78, 5) is 25.5. The van der Waals surface area contributed by atoms with E-state index in [4.69, 9.17) is 24.9 Å². The molecule has 0 amide bonds. The van der Waals surface area contributed by atoms with Crippen LogP contribution in [-0.2, 0) is 0 Å². The predicted molar refractivity (Wildman–Crippen MR) is 208 cm³/mol. The summed E-state index contributed by atoms with van der Waals surface area (Å²) in [6.07, 6.45) is 0. The first kappa shape index (κ1) is 28.8. The van der Waals surface area contributed by atoms with Crippen LogP contribution in [0.15, 0.2) is 152 Å². The molecular weight excluding hydrogens is 651 g/mol. The summed E-state index contributed by atoms with van der Waals surface area (Å²) in [6, 6.07) is 52.5. The van der Waals surface area contributed by atoms with E-state index in [0.29, 0.717) is 17.5 Å². The van der Waals surface area contributed by atoms with Crippen molar-refractivity contribution in [3.05, 3.63) is 152 Å². The molecule has 0 bridgehead atoms. The Morgan fingerprint density at radius 3 is 1.18 bits per heavy atom. The summed E-state index contributed by atoms with van der Waals surface area (Å²) in [7, 11) is 0. The highest BCUT2D eigenvalue weighted by atomic mass is 32.1. The van der Waals surface area contributed by atoms with Crippen LogP contribution in [0.4, 0.5) is 0 Å². The van der Waals surface area contributed by atoms with Crippen LogP contribution in [0, 0.1) is 0 Å². The quantitative estimate of drug-likeness (QED) is 0.182. The molecule has 0 fully saturated rings. The first-order chi connectivity index (χ1) is 24.7. The lowest BCUT2D eigenvalue weighted by molar-refractivity contribution is 1.08. The lowest BCUT2D eigenvalue weighted by atomic mass is 10.0. The van der Waals surface area contributed by atoms with Gasteiger partial charge < -0.3 is 0 Å². The molecule has 0 aliphatic heterocycles. The smallest absolute Gasteiger partial charge is 0.164 e. The number of hydrogen-bond donors (Lipinski definition) is 0. The van der Waals surface area contributed by atoms with E-state index >= 15 is 0 Å². The number of benzene rings is 7. The third kappa shape index (κ3) is 5.20. The first-order valence-corrected chi connectivity index (χ1v) is 18.0. The standard InChI is InChI=1S/C43H25N5S2/c1-3-11-28-21-30(19-17-26(28)9-1)39-46-40(31-20-18-27-10-2-4-12-29(27)22-31)48-41(47-39)32-23-33(42-44-35-13-5-7-15-37(35)49-42)25-34(24-32)43-45-36-14-6-8-16-38(36)50-43/h1-25H. The van der Waals surface area contributed by atoms with E-state index < -0.39 is 0 Å². The Labute approximate surface area is 295 Å². The van der Waals surface area contributed by atoms with Crippen LogP contribution in [0.2, 0.25) is 0 Å². The highest BCUT2D eigenvalue weighted by Gasteiger charge is 2.18. The molecule has 50 heavy (non-hydrogen) atoms. The number of thiazole rings is 2. The molecule has 10 aromatic rings. The van der Waals surface area contributed by atoms with Crippen molar-refractivity contribution >= 4 is 64.7 Å². The molecule has 0 aliphatic carbocycles. The van der Waals surface area contributed by atoms with Crippen molar-refractivity contribution in [1.82, 2.24) is 24.9 Å². The van der Waals surface area contributed by atoms with E-state index in [9.17, 15) is 0 Å². The van der Waals surface area contributed by atoms with Crippen molar-refractivity contribution in [2.75, 3.05) is 0 Å². The Hall–Kier alpha value is -6.15. The number of para-hydroxylation sites is 2. The Balaban J connectivity index is 1.21. The largest absolute Gasteiger partial charge is 0.236 e. The fourth-order valence-corrected chi connectivity index (χ4v) is 8.32. The Morgan fingerprint density at radius 1 is 0.300 bits per heavy atom. The molecular formula is C43H25N5S2. The maximum atomic E-state index is 5.17. The fourth-order valence-electron chi connectivity index (χ4n) is 6.42. The predicted octanol–water partition coefficient (Wildman–Crippen LogP) is 11.7. The minimum atomic E-state index is 0.594. The van der Waals surface area contributed by atoms with Crippen molar-refractivity contribution in [3.63, 3.8) is 0 Å². The molecule has 0 radical (unpaired) electrons. The van der Waals surface area contributed by atoms with E-state index in [2.05, 4.69) is 140 Å². The molecule has 5 nitrogen and oxygen atoms in total. The zero-order valence-corrected chi connectivity index (χ0v) is 28.1. The van der Waals surface area contributed by atoms with Gasteiger partial charge in [0.2, 0.25) is 0 Å².